The van der Waals surface area contributed by atoms with Crippen LogP contribution in [0.4, 0.5) is 0 Å². The summed E-state index contributed by atoms with van der Waals surface area (Å²) in [4.78, 5) is 0. The van der Waals surface area contributed by atoms with E-state index in [1.54, 1.807) is 11.3 Å². The molecule has 16 heavy (non-hydrogen) atoms. The molecule has 1 heterocycles. The largest absolute Gasteiger partial charge is 0.330 e. The van der Waals surface area contributed by atoms with Crippen molar-refractivity contribution in [1.82, 2.24) is 10.2 Å². The van der Waals surface area contributed by atoms with E-state index in [9.17, 15) is 0 Å². The third-order valence-electron chi connectivity index (χ3n) is 2.18. The molecule has 0 aliphatic heterocycles. The van der Waals surface area contributed by atoms with Gasteiger partial charge in [-0.25, -0.2) is 0 Å². The number of aromatic nitrogens is 2. The minimum absolute atomic E-state index is 0.594. The number of hydrogen-bond donors (Lipinski definition) is 1. The monoisotopic (exact) mass is 253 g/mol. The molecule has 84 valence electrons. The third kappa shape index (κ3) is 2.40. The predicted octanol–water partition coefficient (Wildman–Crippen LogP) is 2.67. The highest BCUT2D eigenvalue weighted by atomic mass is 35.5. The minimum atomic E-state index is 0.594. The molecule has 0 spiro atoms. The van der Waals surface area contributed by atoms with Gasteiger partial charge in [0.05, 0.1) is 5.02 Å². The van der Waals surface area contributed by atoms with Gasteiger partial charge in [0.1, 0.15) is 10.0 Å². The van der Waals surface area contributed by atoms with Crippen molar-refractivity contribution in [2.24, 2.45) is 5.73 Å². The third-order valence-corrected chi connectivity index (χ3v) is 3.51. The van der Waals surface area contributed by atoms with Crippen molar-refractivity contribution in [3.8, 4) is 10.6 Å². The number of aryl methyl sites for hydroxylation is 1. The standard InChI is InChI=1S/C11H12ClN3S/c1-7-2-3-8(9(12)6-7)11-15-14-10(16-11)4-5-13/h2-3,6H,4-5,13H2,1H3. The van der Waals surface area contributed by atoms with Gasteiger partial charge in [-0.3, -0.25) is 0 Å². The summed E-state index contributed by atoms with van der Waals surface area (Å²) in [7, 11) is 0. The van der Waals surface area contributed by atoms with E-state index < -0.39 is 0 Å². The molecule has 5 heteroatoms. The van der Waals surface area contributed by atoms with E-state index in [0.29, 0.717) is 6.54 Å². The Balaban J connectivity index is 2.35. The summed E-state index contributed by atoms with van der Waals surface area (Å²) in [6.45, 7) is 2.60. The maximum absolute atomic E-state index is 6.16. The molecule has 2 aromatic rings. The summed E-state index contributed by atoms with van der Waals surface area (Å²) in [5, 5.41) is 10.7. The summed E-state index contributed by atoms with van der Waals surface area (Å²) < 4.78 is 0. The first-order valence-electron chi connectivity index (χ1n) is 4.99. The molecule has 0 radical (unpaired) electrons. The van der Waals surface area contributed by atoms with Crippen LogP contribution < -0.4 is 5.73 Å². The van der Waals surface area contributed by atoms with Crippen molar-refractivity contribution < 1.29 is 0 Å². The topological polar surface area (TPSA) is 51.8 Å². The zero-order valence-corrected chi connectivity index (χ0v) is 10.5. The van der Waals surface area contributed by atoms with Gasteiger partial charge in [0, 0.05) is 12.0 Å². The van der Waals surface area contributed by atoms with Gasteiger partial charge in [-0.2, -0.15) is 0 Å². The average molecular weight is 254 g/mol. The van der Waals surface area contributed by atoms with Crippen LogP contribution in [0.3, 0.4) is 0 Å². The molecule has 3 nitrogen and oxygen atoms in total. The van der Waals surface area contributed by atoms with Crippen LogP contribution in [-0.4, -0.2) is 16.7 Å². The first-order chi connectivity index (χ1) is 7.70. The maximum atomic E-state index is 6.16. The molecule has 1 aromatic heterocycles. The quantitative estimate of drug-likeness (QED) is 0.915. The van der Waals surface area contributed by atoms with E-state index >= 15 is 0 Å². The number of rotatable bonds is 3. The van der Waals surface area contributed by atoms with Gasteiger partial charge in [0.2, 0.25) is 0 Å². The Labute approximate surface area is 103 Å². The lowest BCUT2D eigenvalue weighted by Gasteiger charge is -2.00. The second-order valence-electron chi connectivity index (χ2n) is 3.52. The van der Waals surface area contributed by atoms with Crippen LogP contribution in [-0.2, 0) is 6.42 Å². The minimum Gasteiger partial charge on any atom is -0.330 e. The van der Waals surface area contributed by atoms with Crippen LogP contribution in [0.5, 0.6) is 0 Å². The summed E-state index contributed by atoms with van der Waals surface area (Å²) in [6, 6.07) is 5.93. The van der Waals surface area contributed by atoms with Crippen molar-refractivity contribution in [2.75, 3.05) is 6.54 Å². The summed E-state index contributed by atoms with van der Waals surface area (Å²) in [6.07, 6.45) is 0.765. The van der Waals surface area contributed by atoms with Gasteiger partial charge < -0.3 is 5.73 Å². The van der Waals surface area contributed by atoms with E-state index in [1.165, 1.54) is 0 Å². The van der Waals surface area contributed by atoms with Crippen molar-refractivity contribution in [1.29, 1.82) is 0 Å². The highest BCUT2D eigenvalue weighted by Crippen LogP contribution is 2.30. The maximum Gasteiger partial charge on any atom is 0.149 e. The molecule has 2 N–H and O–H groups in total. The second kappa shape index (κ2) is 4.91. The summed E-state index contributed by atoms with van der Waals surface area (Å²) >= 11 is 7.71. The zero-order chi connectivity index (χ0) is 11.5. The van der Waals surface area contributed by atoms with E-state index in [4.69, 9.17) is 17.3 Å². The Morgan fingerprint density at radius 3 is 2.88 bits per heavy atom. The fourth-order valence-electron chi connectivity index (χ4n) is 1.38. The lowest BCUT2D eigenvalue weighted by Crippen LogP contribution is -2.01. The second-order valence-corrected chi connectivity index (χ2v) is 4.99. The number of halogens is 1. The van der Waals surface area contributed by atoms with Gasteiger partial charge in [-0.05, 0) is 25.1 Å². The summed E-state index contributed by atoms with van der Waals surface area (Å²) in [5.74, 6) is 0. The molecule has 2 rings (SSSR count). The molecular weight excluding hydrogens is 242 g/mol. The van der Waals surface area contributed by atoms with Gasteiger partial charge in [0.15, 0.2) is 0 Å². The van der Waals surface area contributed by atoms with E-state index in [-0.39, 0.29) is 0 Å². The van der Waals surface area contributed by atoms with Crippen LogP contribution in [0.15, 0.2) is 18.2 Å². The average Bonchev–Trinajstić information content (AvgIpc) is 2.67. The van der Waals surface area contributed by atoms with Gasteiger partial charge in [-0.1, -0.05) is 35.1 Å². The number of hydrogen-bond acceptors (Lipinski definition) is 4. The van der Waals surface area contributed by atoms with Crippen LogP contribution in [0.2, 0.25) is 5.02 Å². The normalized spacial score (nSPS) is 10.7. The first-order valence-corrected chi connectivity index (χ1v) is 6.19. The Morgan fingerprint density at radius 1 is 1.38 bits per heavy atom. The van der Waals surface area contributed by atoms with Crippen molar-refractivity contribution >= 4 is 22.9 Å². The highest BCUT2D eigenvalue weighted by molar-refractivity contribution is 7.14. The van der Waals surface area contributed by atoms with Crippen LogP contribution in [0.1, 0.15) is 10.6 Å². The fourth-order valence-corrected chi connectivity index (χ4v) is 2.66. The van der Waals surface area contributed by atoms with E-state index in [2.05, 4.69) is 10.2 Å². The zero-order valence-electron chi connectivity index (χ0n) is 8.90. The van der Waals surface area contributed by atoms with Crippen molar-refractivity contribution in [3.63, 3.8) is 0 Å². The molecule has 0 aliphatic carbocycles. The van der Waals surface area contributed by atoms with Crippen LogP contribution in [0.25, 0.3) is 10.6 Å². The lowest BCUT2D eigenvalue weighted by molar-refractivity contribution is 0.913. The number of nitrogens with two attached hydrogens (primary N) is 1. The SMILES string of the molecule is Cc1ccc(-c2nnc(CCN)s2)c(Cl)c1. The van der Waals surface area contributed by atoms with Crippen molar-refractivity contribution in [3.05, 3.63) is 33.8 Å². The molecular formula is C11H12ClN3S. The van der Waals surface area contributed by atoms with Crippen LogP contribution in [0, 0.1) is 6.92 Å². The Hall–Kier alpha value is -0.970. The molecule has 1 aromatic carbocycles. The molecule has 0 bridgehead atoms. The fraction of sp³-hybridized carbons (Fsp3) is 0.273. The number of nitrogens with zero attached hydrogens (tertiary/aromatic N) is 2. The first kappa shape index (κ1) is 11.5. The Morgan fingerprint density at radius 2 is 2.19 bits per heavy atom. The van der Waals surface area contributed by atoms with E-state index in [1.807, 2.05) is 25.1 Å². The van der Waals surface area contributed by atoms with Gasteiger partial charge >= 0.3 is 0 Å². The number of benzene rings is 1. The molecule has 0 atom stereocenters. The van der Waals surface area contributed by atoms with E-state index in [0.717, 1.165) is 32.6 Å². The molecule has 0 fully saturated rings. The summed E-state index contributed by atoms with van der Waals surface area (Å²) in [5.41, 5.74) is 7.55. The smallest absolute Gasteiger partial charge is 0.149 e. The van der Waals surface area contributed by atoms with Gasteiger partial charge in [0.25, 0.3) is 0 Å². The Bertz CT molecular complexity index is 496. The van der Waals surface area contributed by atoms with Crippen molar-refractivity contribution in [2.45, 2.75) is 13.3 Å². The van der Waals surface area contributed by atoms with Crippen LogP contribution >= 0.6 is 22.9 Å². The molecule has 0 saturated heterocycles. The van der Waals surface area contributed by atoms with Gasteiger partial charge in [-0.15, -0.1) is 10.2 Å². The molecule has 0 aliphatic rings. The molecule has 0 unspecified atom stereocenters. The Kier molecular flexibility index (Phi) is 3.53. The highest BCUT2D eigenvalue weighted by Gasteiger charge is 2.09. The molecule has 0 saturated carbocycles. The lowest BCUT2D eigenvalue weighted by atomic mass is 10.2. The molecule has 0 amide bonds. The predicted molar refractivity (Wildman–Crippen MR) is 67.9 cm³/mol.